The van der Waals surface area contributed by atoms with Gasteiger partial charge in [0.15, 0.2) is 0 Å². The highest BCUT2D eigenvalue weighted by atomic mass is 16.5. The van der Waals surface area contributed by atoms with Crippen LogP contribution in [0, 0.1) is 0 Å². The second-order valence-corrected chi connectivity index (χ2v) is 5.56. The van der Waals surface area contributed by atoms with Gasteiger partial charge in [-0.3, -0.25) is 0 Å². The van der Waals surface area contributed by atoms with Gasteiger partial charge in [-0.2, -0.15) is 0 Å². The van der Waals surface area contributed by atoms with Crippen molar-refractivity contribution in [1.29, 1.82) is 0 Å². The first-order valence-electron chi connectivity index (χ1n) is 6.84. The summed E-state index contributed by atoms with van der Waals surface area (Å²) in [5, 5.41) is 5.88. The van der Waals surface area contributed by atoms with Gasteiger partial charge in [-0.15, -0.1) is 0 Å². The van der Waals surface area contributed by atoms with E-state index < -0.39 is 0 Å². The summed E-state index contributed by atoms with van der Waals surface area (Å²) in [5.41, 5.74) is 0.783. The lowest BCUT2D eigenvalue weighted by atomic mass is 9.90. The van der Waals surface area contributed by atoms with Crippen molar-refractivity contribution in [3.05, 3.63) is 29.8 Å². The molecule has 0 aromatic heterocycles. The molecule has 2 N–H and O–H groups in total. The third-order valence-corrected chi connectivity index (χ3v) is 3.22. The topological polar surface area (TPSA) is 50.4 Å². The summed E-state index contributed by atoms with van der Waals surface area (Å²) in [6, 6.07) is 7.77. The molecule has 1 heterocycles. The Kier molecular flexibility index (Phi) is 3.98. The van der Waals surface area contributed by atoms with Crippen molar-refractivity contribution in [3.63, 3.8) is 0 Å². The number of amides is 2. The summed E-state index contributed by atoms with van der Waals surface area (Å²) in [6.45, 7) is 6.82. The Morgan fingerprint density at radius 2 is 2.16 bits per heavy atom. The van der Waals surface area contributed by atoms with Gasteiger partial charge in [-0.25, -0.2) is 4.79 Å². The molecule has 0 spiro atoms. The zero-order chi connectivity index (χ0) is 13.9. The highest BCUT2D eigenvalue weighted by molar-refractivity contribution is 5.74. The minimum atomic E-state index is -0.267. The third-order valence-electron chi connectivity index (χ3n) is 3.22. The molecule has 1 aliphatic rings. The van der Waals surface area contributed by atoms with Crippen molar-refractivity contribution < 1.29 is 9.53 Å². The maximum absolute atomic E-state index is 11.8. The number of rotatable bonds is 3. The van der Waals surface area contributed by atoms with Gasteiger partial charge in [0.2, 0.25) is 0 Å². The molecular weight excluding hydrogens is 240 g/mol. The van der Waals surface area contributed by atoms with Crippen LogP contribution in [-0.4, -0.2) is 18.2 Å². The fourth-order valence-electron chi connectivity index (χ4n) is 2.38. The highest BCUT2D eigenvalue weighted by Gasteiger charge is 2.34. The van der Waals surface area contributed by atoms with Crippen LogP contribution in [0.4, 0.5) is 4.79 Å². The molecule has 0 saturated heterocycles. The molecule has 1 aromatic carbocycles. The Hall–Kier alpha value is -1.71. The number of carbonyl (C=O) groups excluding carboxylic acids is 1. The molecule has 0 radical (unpaired) electrons. The van der Waals surface area contributed by atoms with E-state index in [1.54, 1.807) is 0 Å². The smallest absolute Gasteiger partial charge is 0.315 e. The fraction of sp³-hybridized carbons (Fsp3) is 0.533. The Morgan fingerprint density at radius 1 is 1.42 bits per heavy atom. The van der Waals surface area contributed by atoms with Crippen molar-refractivity contribution in [2.24, 2.45) is 0 Å². The molecule has 0 aliphatic carbocycles. The van der Waals surface area contributed by atoms with E-state index in [1.807, 2.05) is 45.0 Å². The molecule has 4 heteroatoms. The third kappa shape index (κ3) is 3.40. The molecule has 2 amide bonds. The van der Waals surface area contributed by atoms with Gasteiger partial charge in [0.1, 0.15) is 11.4 Å². The maximum Gasteiger partial charge on any atom is 0.315 e. The van der Waals surface area contributed by atoms with E-state index >= 15 is 0 Å². The van der Waals surface area contributed by atoms with Crippen LogP contribution in [0.25, 0.3) is 0 Å². The molecule has 0 saturated carbocycles. The minimum Gasteiger partial charge on any atom is -0.487 e. The molecule has 1 aromatic rings. The van der Waals surface area contributed by atoms with Crippen molar-refractivity contribution in [2.75, 3.05) is 6.54 Å². The first-order valence-corrected chi connectivity index (χ1v) is 6.84. The average Bonchev–Trinajstić information content (AvgIpc) is 2.35. The number of benzene rings is 1. The second-order valence-electron chi connectivity index (χ2n) is 5.56. The molecule has 0 fully saturated rings. The predicted octanol–water partition coefficient (Wildman–Crippen LogP) is 3.00. The summed E-state index contributed by atoms with van der Waals surface area (Å²) >= 11 is 0. The van der Waals surface area contributed by atoms with Crippen molar-refractivity contribution in [1.82, 2.24) is 10.6 Å². The lowest BCUT2D eigenvalue weighted by Crippen LogP contribution is -2.44. The van der Waals surface area contributed by atoms with E-state index in [0.717, 1.165) is 24.2 Å². The van der Waals surface area contributed by atoms with Crippen LogP contribution >= 0.6 is 0 Å². The van der Waals surface area contributed by atoms with Gasteiger partial charge in [-0.05, 0) is 26.3 Å². The molecule has 0 bridgehead atoms. The molecule has 4 nitrogen and oxygen atoms in total. The Bertz CT molecular complexity index is 457. The summed E-state index contributed by atoms with van der Waals surface area (Å²) in [7, 11) is 0. The zero-order valence-electron chi connectivity index (χ0n) is 11.8. The summed E-state index contributed by atoms with van der Waals surface area (Å²) < 4.78 is 5.94. The van der Waals surface area contributed by atoms with Crippen LogP contribution in [0.3, 0.4) is 0 Å². The first-order chi connectivity index (χ1) is 9.02. The van der Waals surface area contributed by atoms with Crippen LogP contribution < -0.4 is 15.4 Å². The van der Waals surface area contributed by atoms with Crippen molar-refractivity contribution in [3.8, 4) is 5.75 Å². The molecule has 19 heavy (non-hydrogen) atoms. The van der Waals surface area contributed by atoms with Crippen molar-refractivity contribution >= 4 is 6.03 Å². The largest absolute Gasteiger partial charge is 0.487 e. The molecule has 0 unspecified atom stereocenters. The summed E-state index contributed by atoms with van der Waals surface area (Å²) in [5.74, 6) is 0.861. The number of para-hydroxylation sites is 1. The second kappa shape index (κ2) is 5.51. The number of fused-ring (bicyclic) bond motifs is 1. The number of ether oxygens (including phenoxy) is 1. The lowest BCUT2D eigenvalue weighted by molar-refractivity contribution is 0.0679. The molecular formula is C15H22N2O2. The van der Waals surface area contributed by atoms with E-state index in [1.165, 1.54) is 0 Å². The highest BCUT2D eigenvalue weighted by Crippen LogP contribution is 2.38. The van der Waals surface area contributed by atoms with Gasteiger partial charge in [-0.1, -0.05) is 25.1 Å². The lowest BCUT2D eigenvalue weighted by Gasteiger charge is -2.37. The van der Waals surface area contributed by atoms with Gasteiger partial charge in [0.25, 0.3) is 0 Å². The van der Waals surface area contributed by atoms with Gasteiger partial charge in [0, 0.05) is 18.5 Å². The van der Waals surface area contributed by atoms with Crippen LogP contribution in [0.1, 0.15) is 45.2 Å². The van der Waals surface area contributed by atoms with E-state index in [4.69, 9.17) is 4.74 Å². The summed E-state index contributed by atoms with van der Waals surface area (Å²) in [4.78, 5) is 11.8. The molecule has 104 valence electrons. The normalized spacial score (nSPS) is 20.1. The number of urea groups is 1. The first kappa shape index (κ1) is 13.7. The van der Waals surface area contributed by atoms with Gasteiger partial charge >= 0.3 is 6.03 Å². The number of nitrogens with one attached hydrogen (secondary N) is 2. The SMILES string of the molecule is CCCNC(=O)N[C@H]1CC(C)(C)Oc2ccccc21. The predicted molar refractivity (Wildman–Crippen MR) is 75.3 cm³/mol. The quantitative estimate of drug-likeness (QED) is 0.879. The van der Waals surface area contributed by atoms with Crippen LogP contribution in [0.15, 0.2) is 24.3 Å². The van der Waals surface area contributed by atoms with Crippen LogP contribution in [-0.2, 0) is 0 Å². The standard InChI is InChI=1S/C15H22N2O2/c1-4-9-16-14(18)17-12-10-15(2,3)19-13-8-6-5-7-11(12)13/h5-8,12H,4,9-10H2,1-3H3,(H2,16,17,18)/t12-/m0/s1. The number of hydrogen-bond acceptors (Lipinski definition) is 2. The van der Waals surface area contributed by atoms with E-state index in [-0.39, 0.29) is 17.7 Å². The number of carbonyl (C=O) groups is 1. The summed E-state index contributed by atoms with van der Waals surface area (Å²) in [6.07, 6.45) is 1.70. The van der Waals surface area contributed by atoms with Gasteiger partial charge < -0.3 is 15.4 Å². The van der Waals surface area contributed by atoms with E-state index in [2.05, 4.69) is 10.6 Å². The molecule has 1 atom stereocenters. The van der Waals surface area contributed by atoms with Gasteiger partial charge in [0.05, 0.1) is 6.04 Å². The van der Waals surface area contributed by atoms with Crippen LogP contribution in [0.2, 0.25) is 0 Å². The Balaban J connectivity index is 2.13. The van der Waals surface area contributed by atoms with Crippen molar-refractivity contribution in [2.45, 2.75) is 45.3 Å². The van der Waals surface area contributed by atoms with E-state index in [9.17, 15) is 4.79 Å². The Labute approximate surface area is 114 Å². The molecule has 1 aliphatic heterocycles. The fourth-order valence-corrected chi connectivity index (χ4v) is 2.38. The number of hydrogen-bond donors (Lipinski definition) is 2. The van der Waals surface area contributed by atoms with E-state index in [0.29, 0.717) is 6.54 Å². The monoisotopic (exact) mass is 262 g/mol. The maximum atomic E-state index is 11.8. The molecule has 2 rings (SSSR count). The average molecular weight is 262 g/mol. The van der Waals surface area contributed by atoms with Crippen LogP contribution in [0.5, 0.6) is 5.75 Å². The Morgan fingerprint density at radius 3 is 2.89 bits per heavy atom. The minimum absolute atomic E-state index is 0.00296. The zero-order valence-corrected chi connectivity index (χ0v) is 11.8.